The number of carbonyl (C=O) groups excluding carboxylic acids is 2. The number of nitrogens with zero attached hydrogens (tertiary/aromatic N) is 1. The van der Waals surface area contributed by atoms with Gasteiger partial charge in [0.1, 0.15) is 18.0 Å². The second-order valence-electron chi connectivity index (χ2n) is 10.4. The van der Waals surface area contributed by atoms with Crippen LogP contribution >= 0.6 is 15.9 Å². The molecule has 1 aliphatic rings. The van der Waals surface area contributed by atoms with Crippen molar-refractivity contribution in [2.24, 2.45) is 0 Å². The normalized spacial score (nSPS) is 14.3. The van der Waals surface area contributed by atoms with Crippen LogP contribution < -0.4 is 10.1 Å². The smallest absolute Gasteiger partial charge is 0.410 e. The van der Waals surface area contributed by atoms with Gasteiger partial charge in [0, 0.05) is 17.1 Å². The van der Waals surface area contributed by atoms with Crippen molar-refractivity contribution in [3.63, 3.8) is 0 Å². The lowest BCUT2D eigenvalue weighted by Gasteiger charge is -2.24. The first-order valence-electron chi connectivity index (χ1n) is 12.2. The minimum atomic E-state index is -0.549. The molecule has 2 amide bonds. The number of ether oxygens (including phenoxy) is 2. The molecule has 1 N–H and O–H groups in total. The summed E-state index contributed by atoms with van der Waals surface area (Å²) >= 11 is 3.63. The largest absolute Gasteiger partial charge is 0.492 e. The highest BCUT2D eigenvalue weighted by molar-refractivity contribution is 9.10. The van der Waals surface area contributed by atoms with Crippen molar-refractivity contribution in [1.29, 1.82) is 0 Å². The van der Waals surface area contributed by atoms with E-state index in [9.17, 15) is 9.59 Å². The third-order valence-electron chi connectivity index (χ3n) is 6.30. The molecule has 4 rings (SSSR count). The lowest BCUT2D eigenvalue weighted by Crippen LogP contribution is -2.36. The first-order chi connectivity index (χ1) is 17.0. The molecular weight excluding hydrogens is 520 g/mol. The maximum atomic E-state index is 13.4. The molecule has 0 aromatic heterocycles. The Morgan fingerprint density at radius 3 is 2.50 bits per heavy atom. The van der Waals surface area contributed by atoms with Crippen molar-refractivity contribution in [2.75, 3.05) is 20.2 Å². The third-order valence-corrected chi connectivity index (χ3v) is 6.76. The number of nitrogens with one attached hydrogen (secondary N) is 1. The Labute approximate surface area is 221 Å². The summed E-state index contributed by atoms with van der Waals surface area (Å²) in [7, 11) is 1.67. The van der Waals surface area contributed by atoms with Crippen molar-refractivity contribution in [2.45, 2.75) is 51.7 Å². The van der Waals surface area contributed by atoms with Gasteiger partial charge in [-0.1, -0.05) is 46.3 Å². The van der Waals surface area contributed by atoms with E-state index in [0.717, 1.165) is 39.2 Å². The molecule has 1 aliphatic carbocycles. The first kappa shape index (κ1) is 26.0. The predicted octanol–water partition coefficient (Wildman–Crippen LogP) is 6.58. The minimum absolute atomic E-state index is 0.120. The van der Waals surface area contributed by atoms with E-state index in [1.54, 1.807) is 13.1 Å². The van der Waals surface area contributed by atoms with E-state index >= 15 is 0 Å². The average Bonchev–Trinajstić information content (AvgIpc) is 3.58. The van der Waals surface area contributed by atoms with Gasteiger partial charge in [-0.25, -0.2) is 4.79 Å². The van der Waals surface area contributed by atoms with Gasteiger partial charge in [-0.05, 0) is 86.7 Å². The van der Waals surface area contributed by atoms with Gasteiger partial charge in [-0.3, -0.25) is 4.79 Å². The van der Waals surface area contributed by atoms with Crippen LogP contribution in [0, 0.1) is 6.92 Å². The molecule has 0 radical (unpaired) electrons. The molecule has 0 spiro atoms. The molecule has 1 fully saturated rings. The van der Waals surface area contributed by atoms with Gasteiger partial charge in [0.2, 0.25) is 0 Å². The molecule has 0 atom stereocenters. The third kappa shape index (κ3) is 6.01. The maximum Gasteiger partial charge on any atom is 0.410 e. The van der Waals surface area contributed by atoms with Crippen LogP contribution in [0.25, 0.3) is 10.8 Å². The molecule has 0 saturated heterocycles. The van der Waals surface area contributed by atoms with Gasteiger partial charge in [0.15, 0.2) is 0 Å². The van der Waals surface area contributed by atoms with Crippen LogP contribution in [-0.4, -0.2) is 42.7 Å². The average molecular weight is 553 g/mol. The number of benzene rings is 3. The highest BCUT2D eigenvalue weighted by Crippen LogP contribution is 2.49. The lowest BCUT2D eigenvalue weighted by molar-refractivity contribution is 0.0278. The van der Waals surface area contributed by atoms with Crippen LogP contribution in [0.2, 0.25) is 0 Å². The Bertz CT molecular complexity index is 1290. The number of fused-ring (bicyclic) bond motifs is 1. The number of aryl methyl sites for hydroxylation is 1. The van der Waals surface area contributed by atoms with Crippen LogP contribution in [-0.2, 0) is 10.3 Å². The zero-order chi connectivity index (χ0) is 26.1. The Morgan fingerprint density at radius 1 is 1.08 bits per heavy atom. The lowest BCUT2D eigenvalue weighted by atomic mass is 9.96. The van der Waals surface area contributed by atoms with Gasteiger partial charge < -0.3 is 19.7 Å². The summed E-state index contributed by atoms with van der Waals surface area (Å²) in [6.07, 6.45) is 1.39. The number of likely N-dealkylation sites (N-methyl/N-ethyl adjacent to an activating group) is 1. The standard InChI is InChI=1S/C29H33BrN2O4/c1-19-10-11-22(35-15-14-32(5)27(34)36-28(2,3)4)18-24(19)26(33)31-29(12-13-29)25-17-21(30)16-20-8-6-7-9-23(20)25/h6-11,16-18H,12-15H2,1-5H3,(H,31,33). The van der Waals surface area contributed by atoms with E-state index in [2.05, 4.69) is 45.5 Å². The van der Waals surface area contributed by atoms with E-state index in [-0.39, 0.29) is 18.1 Å². The summed E-state index contributed by atoms with van der Waals surface area (Å²) in [5, 5.41) is 5.61. The zero-order valence-corrected chi connectivity index (χ0v) is 23.1. The van der Waals surface area contributed by atoms with Crippen molar-refractivity contribution >= 4 is 38.7 Å². The van der Waals surface area contributed by atoms with E-state index in [1.165, 1.54) is 4.90 Å². The van der Waals surface area contributed by atoms with Crippen molar-refractivity contribution in [3.8, 4) is 5.75 Å². The van der Waals surface area contributed by atoms with Crippen LogP contribution in [0.1, 0.15) is 55.1 Å². The zero-order valence-electron chi connectivity index (χ0n) is 21.5. The Hall–Kier alpha value is -3.06. The van der Waals surface area contributed by atoms with Crippen molar-refractivity contribution in [1.82, 2.24) is 10.2 Å². The van der Waals surface area contributed by atoms with Gasteiger partial charge in [-0.2, -0.15) is 0 Å². The summed E-state index contributed by atoms with van der Waals surface area (Å²) < 4.78 is 12.2. The van der Waals surface area contributed by atoms with E-state index in [1.807, 2.05) is 52.0 Å². The predicted molar refractivity (Wildman–Crippen MR) is 146 cm³/mol. The van der Waals surface area contributed by atoms with E-state index < -0.39 is 11.7 Å². The molecule has 7 heteroatoms. The quantitative estimate of drug-likeness (QED) is 0.359. The summed E-state index contributed by atoms with van der Waals surface area (Å²) in [5.41, 5.74) is 1.67. The number of hydrogen-bond donors (Lipinski definition) is 1. The fourth-order valence-corrected chi connectivity index (χ4v) is 4.68. The van der Waals surface area contributed by atoms with Crippen LogP contribution in [0.5, 0.6) is 5.75 Å². The number of halogens is 1. The maximum absolute atomic E-state index is 13.4. The van der Waals surface area contributed by atoms with Gasteiger partial charge in [-0.15, -0.1) is 0 Å². The molecule has 36 heavy (non-hydrogen) atoms. The van der Waals surface area contributed by atoms with E-state index in [4.69, 9.17) is 9.47 Å². The van der Waals surface area contributed by atoms with Crippen LogP contribution in [0.4, 0.5) is 4.79 Å². The number of amides is 2. The second kappa shape index (κ2) is 10.1. The molecule has 0 heterocycles. The Balaban J connectivity index is 1.45. The highest BCUT2D eigenvalue weighted by Gasteiger charge is 2.47. The second-order valence-corrected chi connectivity index (χ2v) is 11.4. The first-order valence-corrected chi connectivity index (χ1v) is 13.0. The molecular formula is C29H33BrN2O4. The molecule has 190 valence electrons. The molecule has 3 aromatic rings. The Morgan fingerprint density at radius 2 is 1.81 bits per heavy atom. The van der Waals surface area contributed by atoms with E-state index in [0.29, 0.717) is 17.9 Å². The molecule has 0 unspecified atom stereocenters. The number of hydrogen-bond acceptors (Lipinski definition) is 4. The highest BCUT2D eigenvalue weighted by atomic mass is 79.9. The SMILES string of the molecule is Cc1ccc(OCCN(C)C(=O)OC(C)(C)C)cc1C(=O)NC1(c2cc(Br)cc3ccccc23)CC1. The Kier molecular flexibility index (Phi) is 7.32. The number of carbonyl (C=O) groups is 2. The van der Waals surface area contributed by atoms with Gasteiger partial charge in [0.05, 0.1) is 12.1 Å². The molecule has 0 bridgehead atoms. The van der Waals surface area contributed by atoms with Crippen molar-refractivity contribution < 1.29 is 19.1 Å². The van der Waals surface area contributed by atoms with Gasteiger partial charge >= 0.3 is 6.09 Å². The minimum Gasteiger partial charge on any atom is -0.492 e. The summed E-state index contributed by atoms with van der Waals surface area (Å²) in [4.78, 5) is 27.0. The molecule has 6 nitrogen and oxygen atoms in total. The van der Waals surface area contributed by atoms with Crippen molar-refractivity contribution in [3.05, 3.63) is 75.8 Å². The summed E-state index contributed by atoms with van der Waals surface area (Å²) in [6, 6.07) is 18.0. The monoisotopic (exact) mass is 552 g/mol. The van der Waals surface area contributed by atoms with Gasteiger partial charge in [0.25, 0.3) is 5.91 Å². The van der Waals surface area contributed by atoms with Crippen LogP contribution in [0.15, 0.2) is 59.1 Å². The molecule has 0 aliphatic heterocycles. The fourth-order valence-electron chi connectivity index (χ4n) is 4.21. The summed E-state index contributed by atoms with van der Waals surface area (Å²) in [5.74, 6) is 0.464. The fraction of sp³-hybridized carbons (Fsp3) is 0.379. The number of rotatable bonds is 7. The topological polar surface area (TPSA) is 67.9 Å². The van der Waals surface area contributed by atoms with Crippen LogP contribution in [0.3, 0.4) is 0 Å². The molecule has 3 aromatic carbocycles. The summed E-state index contributed by atoms with van der Waals surface area (Å²) in [6.45, 7) is 8.07. The molecule has 1 saturated carbocycles.